The number of hydrogen-bond donors (Lipinski definition) is 4. The fraction of sp³-hybridized carbons (Fsp3) is 0.417. The Kier molecular flexibility index (Phi) is 5.08. The van der Waals surface area contributed by atoms with Gasteiger partial charge in [0, 0.05) is 5.56 Å². The van der Waals surface area contributed by atoms with Crippen molar-refractivity contribution in [3.63, 3.8) is 0 Å². The number of nitrogens with two attached hydrogens (primary N) is 1. The molecule has 0 radical (unpaired) electrons. The lowest BCUT2D eigenvalue weighted by Crippen LogP contribution is -2.22. The van der Waals surface area contributed by atoms with Crippen LogP contribution in [-0.4, -0.2) is 41.0 Å². The number of carboxylic acid groups (broad SMARTS) is 1. The van der Waals surface area contributed by atoms with Gasteiger partial charge in [-0.3, -0.25) is 0 Å². The molecular formula is C12H17NO5. The molecule has 0 saturated carbocycles. The van der Waals surface area contributed by atoms with E-state index in [0.29, 0.717) is 5.75 Å². The third-order valence-corrected chi connectivity index (χ3v) is 2.62. The second-order valence-corrected chi connectivity index (χ2v) is 3.85. The van der Waals surface area contributed by atoms with Crippen molar-refractivity contribution in [1.82, 2.24) is 0 Å². The summed E-state index contributed by atoms with van der Waals surface area (Å²) in [4.78, 5) is 10.9. The molecule has 0 fully saturated rings. The highest BCUT2D eigenvalue weighted by Gasteiger charge is 2.22. The molecule has 6 heteroatoms. The zero-order valence-electron chi connectivity index (χ0n) is 10.0. The van der Waals surface area contributed by atoms with Crippen molar-refractivity contribution in [3.8, 4) is 5.75 Å². The number of aliphatic hydroxyl groups excluding tert-OH is 2. The number of aliphatic hydroxyl groups is 2. The summed E-state index contributed by atoms with van der Waals surface area (Å²) in [7, 11) is 1.40. The molecule has 1 aromatic rings. The van der Waals surface area contributed by atoms with Gasteiger partial charge in [0.15, 0.2) is 0 Å². The number of carboxylic acids is 1. The van der Waals surface area contributed by atoms with Crippen LogP contribution in [0.3, 0.4) is 0 Å². The molecule has 5 N–H and O–H groups in total. The fourth-order valence-corrected chi connectivity index (χ4v) is 1.63. The van der Waals surface area contributed by atoms with E-state index < -0.39 is 18.2 Å². The maximum absolute atomic E-state index is 10.9. The van der Waals surface area contributed by atoms with E-state index in [1.165, 1.54) is 25.3 Å². The summed E-state index contributed by atoms with van der Waals surface area (Å²) in [6.45, 7) is 0.221. The fourth-order valence-electron chi connectivity index (χ4n) is 1.63. The zero-order chi connectivity index (χ0) is 13.7. The second-order valence-electron chi connectivity index (χ2n) is 3.85. The Morgan fingerprint density at radius 3 is 2.61 bits per heavy atom. The summed E-state index contributed by atoms with van der Waals surface area (Å²) in [6.07, 6.45) is -2.09. The predicted octanol–water partition coefficient (Wildman–Crippen LogP) is 0.136. The molecule has 2 unspecified atom stereocenters. The maximum atomic E-state index is 10.9. The smallest absolute Gasteiger partial charge is 0.335 e. The van der Waals surface area contributed by atoms with Gasteiger partial charge >= 0.3 is 5.97 Å². The molecular weight excluding hydrogens is 238 g/mol. The lowest BCUT2D eigenvalue weighted by molar-refractivity contribution is 0.0136. The lowest BCUT2D eigenvalue weighted by Gasteiger charge is -2.20. The number of carbonyl (C=O) groups is 1. The Bertz CT molecular complexity index is 421. The Hall–Kier alpha value is -1.63. The van der Waals surface area contributed by atoms with Crippen LogP contribution in [0.5, 0.6) is 5.75 Å². The Labute approximate surface area is 105 Å². The van der Waals surface area contributed by atoms with Crippen LogP contribution >= 0.6 is 0 Å². The van der Waals surface area contributed by atoms with Crippen LogP contribution in [-0.2, 0) is 0 Å². The summed E-state index contributed by atoms with van der Waals surface area (Å²) in [5, 5.41) is 28.5. The summed E-state index contributed by atoms with van der Waals surface area (Å²) in [5.74, 6) is -0.789. The zero-order valence-corrected chi connectivity index (χ0v) is 10.0. The minimum absolute atomic E-state index is 0.0183. The minimum Gasteiger partial charge on any atom is -0.496 e. The van der Waals surface area contributed by atoms with Crippen molar-refractivity contribution in [2.75, 3.05) is 13.7 Å². The number of benzene rings is 1. The minimum atomic E-state index is -1.23. The van der Waals surface area contributed by atoms with Gasteiger partial charge in [0.05, 0.1) is 18.8 Å². The van der Waals surface area contributed by atoms with E-state index in [9.17, 15) is 15.0 Å². The van der Waals surface area contributed by atoms with Crippen molar-refractivity contribution in [2.24, 2.45) is 5.73 Å². The highest BCUT2D eigenvalue weighted by molar-refractivity contribution is 5.88. The topological polar surface area (TPSA) is 113 Å². The number of ether oxygens (including phenoxy) is 1. The molecule has 0 aliphatic carbocycles. The normalized spacial score (nSPS) is 14.0. The van der Waals surface area contributed by atoms with Gasteiger partial charge in [0.25, 0.3) is 0 Å². The Morgan fingerprint density at radius 1 is 1.44 bits per heavy atom. The van der Waals surface area contributed by atoms with Gasteiger partial charge in [-0.05, 0) is 31.2 Å². The van der Waals surface area contributed by atoms with E-state index in [1.54, 1.807) is 0 Å². The number of aromatic carboxylic acids is 1. The molecule has 0 spiro atoms. The van der Waals surface area contributed by atoms with Crippen molar-refractivity contribution in [1.29, 1.82) is 0 Å². The van der Waals surface area contributed by atoms with Gasteiger partial charge in [-0.2, -0.15) is 0 Å². The average Bonchev–Trinajstić information content (AvgIpc) is 2.37. The van der Waals surface area contributed by atoms with Crippen molar-refractivity contribution >= 4 is 5.97 Å². The summed E-state index contributed by atoms with van der Waals surface area (Å²) in [6, 6.07) is 4.09. The van der Waals surface area contributed by atoms with Crippen LogP contribution in [0.15, 0.2) is 18.2 Å². The predicted molar refractivity (Wildman–Crippen MR) is 64.6 cm³/mol. The van der Waals surface area contributed by atoms with Gasteiger partial charge in [0.1, 0.15) is 11.9 Å². The first-order valence-electron chi connectivity index (χ1n) is 5.48. The standard InChI is InChI=1S/C12H17NO5/c1-18-10-3-2-7(12(16)17)6-8(10)11(15)9(14)4-5-13/h2-3,6,9,11,14-15H,4-5,13H2,1H3,(H,16,17). The van der Waals surface area contributed by atoms with Gasteiger partial charge < -0.3 is 25.8 Å². The molecule has 0 amide bonds. The molecule has 0 saturated heterocycles. The molecule has 0 aliphatic rings. The highest BCUT2D eigenvalue weighted by atomic mass is 16.5. The molecule has 100 valence electrons. The number of rotatable bonds is 6. The molecule has 2 atom stereocenters. The van der Waals surface area contributed by atoms with E-state index in [0.717, 1.165) is 0 Å². The van der Waals surface area contributed by atoms with Crippen LogP contribution in [0.4, 0.5) is 0 Å². The van der Waals surface area contributed by atoms with Gasteiger partial charge in [0.2, 0.25) is 0 Å². The van der Waals surface area contributed by atoms with Crippen LogP contribution in [0.1, 0.15) is 28.4 Å². The molecule has 18 heavy (non-hydrogen) atoms. The molecule has 1 aromatic carbocycles. The largest absolute Gasteiger partial charge is 0.496 e. The first-order chi connectivity index (χ1) is 8.51. The summed E-state index contributed by atoms with van der Waals surface area (Å²) < 4.78 is 5.03. The van der Waals surface area contributed by atoms with Crippen molar-refractivity contribution in [3.05, 3.63) is 29.3 Å². The van der Waals surface area contributed by atoms with Gasteiger partial charge in [-0.15, -0.1) is 0 Å². The monoisotopic (exact) mass is 255 g/mol. The molecule has 0 aliphatic heterocycles. The SMILES string of the molecule is COc1ccc(C(=O)O)cc1C(O)C(O)CCN. The van der Waals surface area contributed by atoms with Crippen LogP contribution in [0.25, 0.3) is 0 Å². The molecule has 0 bridgehead atoms. The van der Waals surface area contributed by atoms with Crippen LogP contribution in [0, 0.1) is 0 Å². The summed E-state index contributed by atoms with van der Waals surface area (Å²) in [5.41, 5.74) is 5.55. The molecule has 0 heterocycles. The van der Waals surface area contributed by atoms with E-state index in [1.807, 2.05) is 0 Å². The van der Waals surface area contributed by atoms with E-state index >= 15 is 0 Å². The third-order valence-electron chi connectivity index (χ3n) is 2.62. The third kappa shape index (κ3) is 3.19. The Balaban J connectivity index is 3.10. The summed E-state index contributed by atoms with van der Waals surface area (Å²) >= 11 is 0. The van der Waals surface area contributed by atoms with E-state index in [2.05, 4.69) is 0 Å². The van der Waals surface area contributed by atoms with Gasteiger partial charge in [-0.25, -0.2) is 4.79 Å². The number of methoxy groups -OCH3 is 1. The lowest BCUT2D eigenvalue weighted by atomic mass is 9.99. The first-order valence-corrected chi connectivity index (χ1v) is 5.48. The van der Waals surface area contributed by atoms with E-state index in [4.69, 9.17) is 15.6 Å². The molecule has 1 rings (SSSR count). The van der Waals surface area contributed by atoms with E-state index in [-0.39, 0.29) is 24.1 Å². The second kappa shape index (κ2) is 6.34. The van der Waals surface area contributed by atoms with Gasteiger partial charge in [-0.1, -0.05) is 0 Å². The van der Waals surface area contributed by atoms with Crippen molar-refractivity contribution in [2.45, 2.75) is 18.6 Å². The quantitative estimate of drug-likeness (QED) is 0.575. The Morgan fingerprint density at radius 2 is 2.11 bits per heavy atom. The maximum Gasteiger partial charge on any atom is 0.335 e. The van der Waals surface area contributed by atoms with Crippen LogP contribution in [0.2, 0.25) is 0 Å². The average molecular weight is 255 g/mol. The molecule has 6 nitrogen and oxygen atoms in total. The molecule has 0 aromatic heterocycles. The first kappa shape index (κ1) is 14.4. The van der Waals surface area contributed by atoms with Crippen LogP contribution < -0.4 is 10.5 Å². The highest BCUT2D eigenvalue weighted by Crippen LogP contribution is 2.29. The van der Waals surface area contributed by atoms with Crippen molar-refractivity contribution < 1.29 is 24.9 Å². The number of hydrogen-bond acceptors (Lipinski definition) is 5.